The fraction of sp³-hybridized carbons (Fsp3) is 0.600. The molecule has 0 saturated heterocycles. The third-order valence-electron chi connectivity index (χ3n) is 4.02. The van der Waals surface area contributed by atoms with Crippen molar-refractivity contribution in [3.63, 3.8) is 0 Å². The van der Waals surface area contributed by atoms with Gasteiger partial charge in [0.25, 0.3) is 0 Å². The van der Waals surface area contributed by atoms with Crippen molar-refractivity contribution in [2.75, 3.05) is 13.6 Å². The lowest BCUT2D eigenvalue weighted by molar-refractivity contribution is 0.358. The molecule has 94 valence electrons. The molecule has 0 atom stereocenters. The minimum Gasteiger partial charge on any atom is -0.319 e. The molecule has 1 aromatic carbocycles. The number of hydrogen-bond acceptors (Lipinski definition) is 1. The Morgan fingerprint density at radius 3 is 2.35 bits per heavy atom. The molecule has 17 heavy (non-hydrogen) atoms. The van der Waals surface area contributed by atoms with Gasteiger partial charge in [-0.3, -0.25) is 0 Å². The van der Waals surface area contributed by atoms with Crippen molar-refractivity contribution >= 4 is 11.6 Å². The molecule has 0 aromatic heterocycles. The second kappa shape index (κ2) is 5.88. The zero-order valence-electron chi connectivity index (χ0n) is 10.6. The van der Waals surface area contributed by atoms with Crippen LogP contribution >= 0.6 is 11.6 Å². The first-order valence-electron chi connectivity index (χ1n) is 6.68. The number of likely N-dealkylation sites (N-methyl/N-ethyl adjacent to an activating group) is 1. The van der Waals surface area contributed by atoms with E-state index in [1.54, 1.807) is 0 Å². The summed E-state index contributed by atoms with van der Waals surface area (Å²) in [4.78, 5) is 0. The molecule has 2 heteroatoms. The Labute approximate surface area is 110 Å². The van der Waals surface area contributed by atoms with Gasteiger partial charge in [0.1, 0.15) is 0 Å². The predicted octanol–water partition coefficient (Wildman–Crippen LogP) is 4.15. The van der Waals surface area contributed by atoms with Crippen LogP contribution in [0, 0.1) is 0 Å². The molecule has 1 aliphatic rings. The zero-order chi connectivity index (χ0) is 12.1. The maximum Gasteiger partial charge on any atom is 0.0444 e. The molecule has 2 rings (SSSR count). The van der Waals surface area contributed by atoms with Gasteiger partial charge in [0.2, 0.25) is 0 Å². The molecule has 0 unspecified atom stereocenters. The van der Waals surface area contributed by atoms with E-state index in [1.807, 2.05) is 19.2 Å². The summed E-state index contributed by atoms with van der Waals surface area (Å²) in [6.45, 7) is 1.04. The Morgan fingerprint density at radius 1 is 1.12 bits per heavy atom. The first kappa shape index (κ1) is 12.9. The zero-order valence-corrected chi connectivity index (χ0v) is 11.4. The highest BCUT2D eigenvalue weighted by Crippen LogP contribution is 2.40. The minimum absolute atomic E-state index is 0.254. The van der Waals surface area contributed by atoms with Crippen LogP contribution in [0.25, 0.3) is 0 Å². The highest BCUT2D eigenvalue weighted by atomic mass is 35.5. The van der Waals surface area contributed by atoms with Crippen LogP contribution in [-0.4, -0.2) is 13.6 Å². The van der Waals surface area contributed by atoms with Crippen molar-refractivity contribution in [2.45, 2.75) is 43.9 Å². The van der Waals surface area contributed by atoms with Gasteiger partial charge < -0.3 is 5.32 Å². The molecular weight excluding hydrogens is 230 g/mol. The van der Waals surface area contributed by atoms with E-state index in [9.17, 15) is 0 Å². The van der Waals surface area contributed by atoms with Crippen LogP contribution in [0.2, 0.25) is 5.02 Å². The summed E-state index contributed by atoms with van der Waals surface area (Å²) in [6, 6.07) is 8.38. The largest absolute Gasteiger partial charge is 0.319 e. The lowest BCUT2D eigenvalue weighted by atomic mass is 9.74. The van der Waals surface area contributed by atoms with E-state index in [4.69, 9.17) is 11.6 Å². The molecule has 1 nitrogen and oxygen atoms in total. The van der Waals surface area contributed by atoms with Gasteiger partial charge in [0, 0.05) is 17.0 Å². The Bertz CT molecular complexity index is 354. The molecule has 1 saturated carbocycles. The van der Waals surface area contributed by atoms with Crippen molar-refractivity contribution in [1.82, 2.24) is 5.32 Å². The average Bonchev–Trinajstić information content (AvgIpc) is 2.57. The lowest BCUT2D eigenvalue weighted by Crippen LogP contribution is -2.36. The molecule has 1 fully saturated rings. The summed E-state index contributed by atoms with van der Waals surface area (Å²) >= 11 is 6.41. The van der Waals surface area contributed by atoms with Gasteiger partial charge >= 0.3 is 0 Å². The molecule has 1 aromatic rings. The van der Waals surface area contributed by atoms with Gasteiger partial charge in [0.15, 0.2) is 0 Å². The SMILES string of the molecule is CNCC1(c2ccccc2Cl)CCCCCC1. The molecule has 0 bridgehead atoms. The maximum absolute atomic E-state index is 6.41. The van der Waals surface area contributed by atoms with Crippen molar-refractivity contribution in [3.05, 3.63) is 34.9 Å². The Balaban J connectivity index is 2.35. The van der Waals surface area contributed by atoms with E-state index in [0.717, 1.165) is 11.6 Å². The summed E-state index contributed by atoms with van der Waals surface area (Å²) < 4.78 is 0. The lowest BCUT2D eigenvalue weighted by Gasteiger charge is -2.34. The van der Waals surface area contributed by atoms with Crippen LogP contribution in [0.3, 0.4) is 0 Å². The van der Waals surface area contributed by atoms with E-state index in [2.05, 4.69) is 17.4 Å². The number of nitrogens with one attached hydrogen (secondary N) is 1. The van der Waals surface area contributed by atoms with Crippen LogP contribution in [0.1, 0.15) is 44.1 Å². The standard InChI is InChI=1S/C15H22ClN/c1-17-12-15(10-6-2-3-7-11-15)13-8-4-5-9-14(13)16/h4-5,8-9,17H,2-3,6-7,10-12H2,1H3. The third kappa shape index (κ3) is 2.83. The van der Waals surface area contributed by atoms with Gasteiger partial charge in [-0.25, -0.2) is 0 Å². The van der Waals surface area contributed by atoms with Crippen LogP contribution in [0.5, 0.6) is 0 Å². The average molecular weight is 252 g/mol. The van der Waals surface area contributed by atoms with Crippen molar-refractivity contribution < 1.29 is 0 Å². The second-order valence-corrected chi connectivity index (χ2v) is 5.61. The fourth-order valence-electron chi connectivity index (χ4n) is 3.18. The van der Waals surface area contributed by atoms with Crippen LogP contribution in [0.4, 0.5) is 0 Å². The first-order valence-corrected chi connectivity index (χ1v) is 7.06. The Hall–Kier alpha value is -0.530. The topological polar surface area (TPSA) is 12.0 Å². The van der Waals surface area contributed by atoms with Crippen LogP contribution in [-0.2, 0) is 5.41 Å². The molecule has 0 amide bonds. The summed E-state index contributed by atoms with van der Waals surface area (Å²) in [5.41, 5.74) is 1.60. The van der Waals surface area contributed by atoms with Gasteiger partial charge in [-0.2, -0.15) is 0 Å². The summed E-state index contributed by atoms with van der Waals surface area (Å²) in [6.07, 6.45) is 7.92. The van der Waals surface area contributed by atoms with Crippen molar-refractivity contribution in [2.24, 2.45) is 0 Å². The van der Waals surface area contributed by atoms with Crippen molar-refractivity contribution in [3.8, 4) is 0 Å². The van der Waals surface area contributed by atoms with E-state index >= 15 is 0 Å². The van der Waals surface area contributed by atoms with E-state index in [-0.39, 0.29) is 5.41 Å². The second-order valence-electron chi connectivity index (χ2n) is 5.20. The fourth-order valence-corrected chi connectivity index (χ4v) is 3.51. The quantitative estimate of drug-likeness (QED) is 0.796. The summed E-state index contributed by atoms with van der Waals surface area (Å²) in [7, 11) is 2.05. The molecule has 0 aliphatic heterocycles. The first-order chi connectivity index (χ1) is 8.28. The Kier molecular flexibility index (Phi) is 4.47. The third-order valence-corrected chi connectivity index (χ3v) is 4.35. The molecular formula is C15H22ClN. The smallest absolute Gasteiger partial charge is 0.0444 e. The van der Waals surface area contributed by atoms with Crippen LogP contribution in [0.15, 0.2) is 24.3 Å². The highest BCUT2D eigenvalue weighted by Gasteiger charge is 2.33. The number of halogens is 1. The summed E-state index contributed by atoms with van der Waals surface area (Å²) in [5, 5.41) is 4.31. The van der Waals surface area contributed by atoms with Crippen LogP contribution < -0.4 is 5.32 Å². The van der Waals surface area contributed by atoms with E-state index < -0.39 is 0 Å². The molecule has 1 aliphatic carbocycles. The monoisotopic (exact) mass is 251 g/mol. The summed E-state index contributed by atoms with van der Waals surface area (Å²) in [5.74, 6) is 0. The molecule has 0 heterocycles. The number of rotatable bonds is 3. The van der Waals surface area contributed by atoms with E-state index in [1.165, 1.54) is 44.1 Å². The molecule has 0 spiro atoms. The minimum atomic E-state index is 0.254. The van der Waals surface area contributed by atoms with Gasteiger partial charge in [-0.15, -0.1) is 0 Å². The van der Waals surface area contributed by atoms with Crippen molar-refractivity contribution in [1.29, 1.82) is 0 Å². The van der Waals surface area contributed by atoms with Gasteiger partial charge in [-0.05, 0) is 31.5 Å². The number of hydrogen-bond donors (Lipinski definition) is 1. The predicted molar refractivity (Wildman–Crippen MR) is 74.8 cm³/mol. The normalized spacial score (nSPS) is 19.9. The van der Waals surface area contributed by atoms with Gasteiger partial charge in [-0.1, -0.05) is 55.5 Å². The molecule has 0 radical (unpaired) electrons. The highest BCUT2D eigenvalue weighted by molar-refractivity contribution is 6.31. The Morgan fingerprint density at radius 2 is 1.76 bits per heavy atom. The maximum atomic E-state index is 6.41. The van der Waals surface area contributed by atoms with E-state index in [0.29, 0.717) is 0 Å². The molecule has 1 N–H and O–H groups in total. The number of benzene rings is 1. The van der Waals surface area contributed by atoms with Gasteiger partial charge in [0.05, 0.1) is 0 Å².